The third-order valence-corrected chi connectivity index (χ3v) is 1.58. The topological polar surface area (TPSA) is 60.4 Å². The minimum absolute atomic E-state index is 0.296. The van der Waals surface area contributed by atoms with Gasteiger partial charge < -0.3 is 19.5 Å². The maximum Gasteiger partial charge on any atom is 0.136 e. The van der Waals surface area contributed by atoms with E-state index in [1.165, 1.54) is 6.08 Å². The Balaban J connectivity index is 4.46. The highest BCUT2D eigenvalue weighted by Gasteiger charge is 2.30. The first kappa shape index (κ1) is 12.1. The van der Waals surface area contributed by atoms with Gasteiger partial charge in [-0.25, -0.2) is 0 Å². The molecule has 0 saturated heterocycles. The monoisotopic (exact) mass is 187 g/mol. The van der Waals surface area contributed by atoms with Crippen LogP contribution in [0.2, 0.25) is 0 Å². The van der Waals surface area contributed by atoms with Crippen LogP contribution in [0, 0.1) is 0 Å². The van der Waals surface area contributed by atoms with E-state index in [2.05, 4.69) is 6.58 Å². The Morgan fingerprint density at radius 2 is 2.08 bits per heavy atom. The second-order valence-electron chi connectivity index (χ2n) is 4.30. The number of carbonyl (C=O) groups excluding carboxylic acids is 1. The van der Waals surface area contributed by atoms with E-state index < -0.39 is 18.0 Å². The van der Waals surface area contributed by atoms with Gasteiger partial charge >= 0.3 is 0 Å². The summed E-state index contributed by atoms with van der Waals surface area (Å²) in [5, 5.41) is 20.1. The Bertz CT molecular complexity index is 207. The molecule has 0 aromatic carbocycles. The Morgan fingerprint density at radius 3 is 2.31 bits per heavy atom. The van der Waals surface area contributed by atoms with Gasteiger partial charge in [0.05, 0.1) is 21.1 Å². The highest BCUT2D eigenvalue weighted by atomic mass is 16.4. The maximum absolute atomic E-state index is 10.3. The Labute approximate surface area is 78.7 Å². The molecule has 13 heavy (non-hydrogen) atoms. The van der Waals surface area contributed by atoms with Crippen LogP contribution < -0.4 is 5.11 Å². The SMILES string of the molecule is C=C[C@@](O)(CC(=O)[O-])C[N+](C)(C)C. The summed E-state index contributed by atoms with van der Waals surface area (Å²) < 4.78 is 0.468. The van der Waals surface area contributed by atoms with Gasteiger partial charge in [0.15, 0.2) is 0 Å². The number of aliphatic carboxylic acids is 1. The highest BCUT2D eigenvalue weighted by molar-refractivity contribution is 5.66. The second-order valence-corrected chi connectivity index (χ2v) is 4.30. The van der Waals surface area contributed by atoms with Crippen LogP contribution in [0.1, 0.15) is 6.42 Å². The Kier molecular flexibility index (Phi) is 3.63. The number of rotatable bonds is 5. The van der Waals surface area contributed by atoms with Crippen LogP contribution in [-0.4, -0.2) is 48.8 Å². The molecule has 4 heteroatoms. The average Bonchev–Trinajstić information content (AvgIpc) is 1.81. The molecular formula is C9H17NO3. The van der Waals surface area contributed by atoms with Crippen LogP contribution in [0.5, 0.6) is 0 Å². The van der Waals surface area contributed by atoms with Crippen LogP contribution in [-0.2, 0) is 4.79 Å². The fourth-order valence-corrected chi connectivity index (χ4v) is 1.26. The Hall–Kier alpha value is -0.870. The maximum atomic E-state index is 10.3. The largest absolute Gasteiger partial charge is 0.550 e. The van der Waals surface area contributed by atoms with E-state index in [0.717, 1.165) is 0 Å². The van der Waals surface area contributed by atoms with Crippen molar-refractivity contribution in [2.75, 3.05) is 27.7 Å². The van der Waals surface area contributed by atoms with Gasteiger partial charge in [0.2, 0.25) is 0 Å². The Morgan fingerprint density at radius 1 is 1.62 bits per heavy atom. The minimum atomic E-state index is -1.38. The quantitative estimate of drug-likeness (QED) is 0.432. The van der Waals surface area contributed by atoms with E-state index in [0.29, 0.717) is 11.0 Å². The van der Waals surface area contributed by atoms with Crippen molar-refractivity contribution in [3.63, 3.8) is 0 Å². The predicted molar refractivity (Wildman–Crippen MR) is 47.7 cm³/mol. The molecule has 0 fully saturated rings. The van der Waals surface area contributed by atoms with Gasteiger partial charge in [-0.2, -0.15) is 0 Å². The molecule has 0 saturated carbocycles. The van der Waals surface area contributed by atoms with Gasteiger partial charge in [0.1, 0.15) is 12.1 Å². The van der Waals surface area contributed by atoms with Gasteiger partial charge in [-0.05, 0) is 0 Å². The number of hydrogen-bond donors (Lipinski definition) is 1. The zero-order valence-corrected chi connectivity index (χ0v) is 8.41. The first-order chi connectivity index (χ1) is 5.68. The van der Waals surface area contributed by atoms with Crippen molar-refractivity contribution < 1.29 is 19.5 Å². The van der Waals surface area contributed by atoms with Gasteiger partial charge in [-0.15, -0.1) is 6.58 Å². The number of carbonyl (C=O) groups is 1. The predicted octanol–water partition coefficient (Wildman–Crippen LogP) is -1.25. The van der Waals surface area contributed by atoms with Crippen molar-refractivity contribution in [2.24, 2.45) is 0 Å². The zero-order chi connectivity index (χ0) is 10.7. The van der Waals surface area contributed by atoms with Crippen molar-refractivity contribution in [1.82, 2.24) is 0 Å². The smallest absolute Gasteiger partial charge is 0.136 e. The third kappa shape index (κ3) is 5.38. The number of quaternary nitrogens is 1. The summed E-state index contributed by atoms with van der Waals surface area (Å²) in [5.74, 6) is -1.27. The van der Waals surface area contributed by atoms with E-state index in [4.69, 9.17) is 0 Å². The molecule has 0 bridgehead atoms. The molecule has 1 atom stereocenters. The molecule has 0 unspecified atom stereocenters. The zero-order valence-electron chi connectivity index (χ0n) is 8.41. The first-order valence-corrected chi connectivity index (χ1v) is 4.05. The van der Waals surface area contributed by atoms with Crippen LogP contribution in [0.25, 0.3) is 0 Å². The first-order valence-electron chi connectivity index (χ1n) is 4.05. The lowest BCUT2D eigenvalue weighted by Crippen LogP contribution is -2.50. The van der Waals surface area contributed by atoms with Gasteiger partial charge in [0, 0.05) is 12.4 Å². The van der Waals surface area contributed by atoms with Crippen molar-refractivity contribution in [1.29, 1.82) is 0 Å². The second kappa shape index (κ2) is 3.89. The molecule has 4 nitrogen and oxygen atoms in total. The molecule has 0 radical (unpaired) electrons. The third-order valence-electron chi connectivity index (χ3n) is 1.58. The van der Waals surface area contributed by atoms with Gasteiger partial charge in [-0.1, -0.05) is 6.08 Å². The molecule has 1 N–H and O–H groups in total. The summed E-state index contributed by atoms with van der Waals surface area (Å²) in [5.41, 5.74) is -1.38. The number of likely N-dealkylation sites (N-methyl/N-ethyl adjacent to an activating group) is 1. The number of aliphatic hydroxyl groups is 1. The van der Waals surface area contributed by atoms with Crippen molar-refractivity contribution in [3.05, 3.63) is 12.7 Å². The average molecular weight is 187 g/mol. The molecule has 0 amide bonds. The van der Waals surface area contributed by atoms with Gasteiger partial charge in [-0.3, -0.25) is 0 Å². The summed E-state index contributed by atoms with van der Waals surface area (Å²) in [6.45, 7) is 3.72. The summed E-state index contributed by atoms with van der Waals surface area (Å²) in [6, 6.07) is 0. The molecule has 0 aromatic rings. The van der Waals surface area contributed by atoms with E-state index in [1.54, 1.807) is 0 Å². The molecule has 0 aliphatic heterocycles. The van der Waals surface area contributed by atoms with E-state index in [-0.39, 0.29) is 0 Å². The standard InChI is InChI=1S/C9H17NO3/c1-5-9(13,6-8(11)12)7-10(2,3)4/h5,13H,1,6-7H2,2-4H3/t9-/m1/s1. The molecule has 0 aliphatic rings. The van der Waals surface area contributed by atoms with Gasteiger partial charge in [0.25, 0.3) is 0 Å². The fraction of sp³-hybridized carbons (Fsp3) is 0.667. The molecule has 0 rings (SSSR count). The van der Waals surface area contributed by atoms with Crippen LogP contribution in [0.3, 0.4) is 0 Å². The van der Waals surface area contributed by atoms with Crippen LogP contribution in [0.4, 0.5) is 0 Å². The van der Waals surface area contributed by atoms with E-state index in [1.807, 2.05) is 21.1 Å². The number of nitrogens with zero attached hydrogens (tertiary/aromatic N) is 1. The summed E-state index contributed by atoms with van der Waals surface area (Å²) in [4.78, 5) is 10.3. The van der Waals surface area contributed by atoms with Crippen LogP contribution >= 0.6 is 0 Å². The van der Waals surface area contributed by atoms with E-state index >= 15 is 0 Å². The fourth-order valence-electron chi connectivity index (χ4n) is 1.26. The van der Waals surface area contributed by atoms with Crippen molar-refractivity contribution in [2.45, 2.75) is 12.0 Å². The number of hydrogen-bond acceptors (Lipinski definition) is 3. The molecule has 0 heterocycles. The summed E-state index contributed by atoms with van der Waals surface area (Å²) >= 11 is 0. The minimum Gasteiger partial charge on any atom is -0.550 e. The number of carboxylic acid groups (broad SMARTS) is 1. The normalized spacial score (nSPS) is 16.3. The highest BCUT2D eigenvalue weighted by Crippen LogP contribution is 2.14. The summed E-state index contributed by atoms with van der Waals surface area (Å²) in [6.07, 6.45) is 0.846. The molecule has 76 valence electrons. The van der Waals surface area contributed by atoms with Crippen molar-refractivity contribution >= 4 is 5.97 Å². The summed E-state index contributed by atoms with van der Waals surface area (Å²) in [7, 11) is 5.59. The van der Waals surface area contributed by atoms with E-state index in [9.17, 15) is 15.0 Å². The lowest BCUT2D eigenvalue weighted by Gasteiger charge is -2.33. The lowest BCUT2D eigenvalue weighted by molar-refractivity contribution is -0.876. The van der Waals surface area contributed by atoms with Crippen molar-refractivity contribution in [3.8, 4) is 0 Å². The number of carboxylic acids is 1. The molecular weight excluding hydrogens is 170 g/mol. The molecule has 0 spiro atoms. The lowest BCUT2D eigenvalue weighted by atomic mass is 9.99. The molecule has 0 aliphatic carbocycles. The molecule has 0 aromatic heterocycles. The van der Waals surface area contributed by atoms with Crippen LogP contribution in [0.15, 0.2) is 12.7 Å².